The lowest BCUT2D eigenvalue weighted by atomic mass is 10.2. The summed E-state index contributed by atoms with van der Waals surface area (Å²) in [6.07, 6.45) is -0.404. The fourth-order valence-corrected chi connectivity index (χ4v) is 1.28. The van der Waals surface area contributed by atoms with Crippen LogP contribution in [0, 0.1) is 0 Å². The van der Waals surface area contributed by atoms with Crippen molar-refractivity contribution in [2.75, 3.05) is 6.61 Å². The molecule has 0 heterocycles. The molecule has 0 aliphatic heterocycles. The van der Waals surface area contributed by atoms with Crippen molar-refractivity contribution in [2.45, 2.75) is 33.3 Å². The molecule has 1 aromatic carbocycles. The molecule has 0 N–H and O–H groups in total. The molecule has 7 heteroatoms. The standard InChI is InChI=1S/C14H18O7/c1-4-9-17-14(16)20-21-19-13(15)11-5-7-12(8-6-11)18-10(2)3/h5-8,10H,4,9H2,1-3H3. The van der Waals surface area contributed by atoms with E-state index < -0.39 is 12.1 Å². The van der Waals surface area contributed by atoms with Crippen molar-refractivity contribution >= 4 is 12.1 Å². The van der Waals surface area contributed by atoms with Gasteiger partial charge in [0, 0.05) is 0 Å². The normalized spacial score (nSPS) is 10.1. The minimum Gasteiger partial charge on any atom is -0.491 e. The van der Waals surface area contributed by atoms with Gasteiger partial charge in [0.2, 0.25) is 0 Å². The Balaban J connectivity index is 2.36. The van der Waals surface area contributed by atoms with E-state index in [1.165, 1.54) is 12.1 Å². The van der Waals surface area contributed by atoms with Crippen molar-refractivity contribution in [3.8, 4) is 5.75 Å². The first kappa shape index (κ1) is 16.8. The Kier molecular flexibility index (Phi) is 7.03. The number of hydrogen-bond donors (Lipinski definition) is 0. The van der Waals surface area contributed by atoms with E-state index in [1.807, 2.05) is 20.8 Å². The van der Waals surface area contributed by atoms with Gasteiger partial charge in [0.15, 0.2) is 0 Å². The fourth-order valence-electron chi connectivity index (χ4n) is 1.28. The van der Waals surface area contributed by atoms with Gasteiger partial charge in [0.05, 0.1) is 23.3 Å². The summed E-state index contributed by atoms with van der Waals surface area (Å²) in [5, 5.41) is 4.05. The Morgan fingerprint density at radius 2 is 1.76 bits per heavy atom. The third-order valence-corrected chi connectivity index (χ3v) is 2.10. The fraction of sp³-hybridized carbons (Fsp3) is 0.429. The van der Waals surface area contributed by atoms with Gasteiger partial charge < -0.3 is 9.47 Å². The first-order chi connectivity index (χ1) is 10.0. The van der Waals surface area contributed by atoms with E-state index in [2.05, 4.69) is 19.6 Å². The molecule has 0 atom stereocenters. The smallest absolute Gasteiger partial charge is 0.491 e. The molecule has 0 aliphatic rings. The Hall–Kier alpha value is -2.28. The summed E-state index contributed by atoms with van der Waals surface area (Å²) in [6, 6.07) is 6.23. The highest BCUT2D eigenvalue weighted by Crippen LogP contribution is 2.14. The highest BCUT2D eigenvalue weighted by Gasteiger charge is 2.12. The Morgan fingerprint density at radius 3 is 2.33 bits per heavy atom. The molecular formula is C14H18O7. The van der Waals surface area contributed by atoms with Crippen LogP contribution in [0.2, 0.25) is 0 Å². The van der Waals surface area contributed by atoms with E-state index >= 15 is 0 Å². The molecule has 0 aliphatic carbocycles. The molecule has 0 amide bonds. The summed E-state index contributed by atoms with van der Waals surface area (Å²) in [4.78, 5) is 30.8. The van der Waals surface area contributed by atoms with Crippen molar-refractivity contribution in [2.24, 2.45) is 0 Å². The number of carbonyl (C=O) groups excluding carboxylic acids is 2. The highest BCUT2D eigenvalue weighted by atomic mass is 17.5. The number of benzene rings is 1. The molecule has 21 heavy (non-hydrogen) atoms. The number of carbonyl (C=O) groups is 2. The zero-order chi connectivity index (χ0) is 15.7. The average molecular weight is 298 g/mol. The molecule has 0 fully saturated rings. The molecule has 0 saturated heterocycles. The molecule has 1 rings (SSSR count). The van der Waals surface area contributed by atoms with Crippen LogP contribution >= 0.6 is 0 Å². The van der Waals surface area contributed by atoms with E-state index in [1.54, 1.807) is 12.1 Å². The molecule has 0 bridgehead atoms. The van der Waals surface area contributed by atoms with Gasteiger partial charge in [-0.1, -0.05) is 6.92 Å². The lowest BCUT2D eigenvalue weighted by Gasteiger charge is -2.09. The van der Waals surface area contributed by atoms with Crippen molar-refractivity contribution in [3.63, 3.8) is 0 Å². The summed E-state index contributed by atoms with van der Waals surface area (Å²) in [5.74, 6) is -0.184. The lowest BCUT2D eigenvalue weighted by molar-refractivity contribution is -0.452. The summed E-state index contributed by atoms with van der Waals surface area (Å²) >= 11 is 0. The number of hydrogen-bond acceptors (Lipinski definition) is 7. The second-order valence-electron chi connectivity index (χ2n) is 4.31. The third-order valence-electron chi connectivity index (χ3n) is 2.10. The SMILES string of the molecule is CCCOC(=O)OOOC(=O)c1ccc(OC(C)C)cc1. The van der Waals surface area contributed by atoms with Crippen LogP contribution in [0.25, 0.3) is 0 Å². The van der Waals surface area contributed by atoms with Gasteiger partial charge in [0.1, 0.15) is 5.75 Å². The molecule has 0 saturated carbocycles. The van der Waals surface area contributed by atoms with Gasteiger partial charge in [-0.3, -0.25) is 4.89 Å². The van der Waals surface area contributed by atoms with Gasteiger partial charge in [-0.25, -0.2) is 14.5 Å². The summed E-state index contributed by atoms with van der Waals surface area (Å²) in [6.45, 7) is 5.80. The Bertz CT molecular complexity index is 453. The van der Waals surface area contributed by atoms with Crippen LogP contribution in [0.5, 0.6) is 5.75 Å². The largest absolute Gasteiger partial charge is 0.543 e. The van der Waals surface area contributed by atoms with E-state index in [4.69, 9.17) is 4.74 Å². The van der Waals surface area contributed by atoms with Gasteiger partial charge in [-0.2, -0.15) is 0 Å². The van der Waals surface area contributed by atoms with Crippen molar-refractivity contribution < 1.29 is 33.9 Å². The second-order valence-corrected chi connectivity index (χ2v) is 4.31. The van der Waals surface area contributed by atoms with Crippen molar-refractivity contribution in [3.05, 3.63) is 29.8 Å². The Morgan fingerprint density at radius 1 is 1.10 bits per heavy atom. The molecular weight excluding hydrogens is 280 g/mol. The molecule has 0 spiro atoms. The summed E-state index contributed by atoms with van der Waals surface area (Å²) in [7, 11) is 0. The topological polar surface area (TPSA) is 80.3 Å². The lowest BCUT2D eigenvalue weighted by Crippen LogP contribution is -2.12. The third kappa shape index (κ3) is 6.62. The maximum Gasteiger partial charge on any atom is 0.543 e. The van der Waals surface area contributed by atoms with Crippen LogP contribution in [0.4, 0.5) is 4.79 Å². The minimum atomic E-state index is -1.08. The van der Waals surface area contributed by atoms with E-state index in [9.17, 15) is 9.59 Å². The molecule has 7 nitrogen and oxygen atoms in total. The minimum absolute atomic E-state index is 0.0358. The highest BCUT2D eigenvalue weighted by molar-refractivity contribution is 5.89. The van der Waals surface area contributed by atoms with Crippen molar-refractivity contribution in [1.82, 2.24) is 0 Å². The number of rotatable bonds is 7. The predicted octanol–water partition coefficient (Wildman–Crippen LogP) is 3.04. The van der Waals surface area contributed by atoms with Crippen LogP contribution in [-0.2, 0) is 19.6 Å². The van der Waals surface area contributed by atoms with Crippen LogP contribution in [-0.4, -0.2) is 24.8 Å². The zero-order valence-corrected chi connectivity index (χ0v) is 12.2. The first-order valence-corrected chi connectivity index (χ1v) is 6.52. The van der Waals surface area contributed by atoms with Crippen LogP contribution in [0.1, 0.15) is 37.6 Å². The monoisotopic (exact) mass is 298 g/mol. The van der Waals surface area contributed by atoms with E-state index in [-0.39, 0.29) is 18.3 Å². The molecule has 116 valence electrons. The van der Waals surface area contributed by atoms with Crippen LogP contribution in [0.15, 0.2) is 24.3 Å². The van der Waals surface area contributed by atoms with Crippen molar-refractivity contribution in [1.29, 1.82) is 0 Å². The van der Waals surface area contributed by atoms with Gasteiger partial charge >= 0.3 is 12.1 Å². The Labute approximate surface area is 122 Å². The molecule has 0 radical (unpaired) electrons. The zero-order valence-electron chi connectivity index (χ0n) is 12.2. The summed E-state index contributed by atoms with van der Waals surface area (Å²) in [5.41, 5.74) is 0.219. The van der Waals surface area contributed by atoms with Crippen LogP contribution < -0.4 is 4.74 Å². The second kappa shape index (κ2) is 8.80. The van der Waals surface area contributed by atoms with E-state index in [0.29, 0.717) is 12.2 Å². The van der Waals surface area contributed by atoms with Gasteiger partial charge in [-0.05, 0) is 44.5 Å². The molecule has 0 unspecified atom stereocenters. The molecule has 0 aromatic heterocycles. The molecule has 1 aromatic rings. The maximum absolute atomic E-state index is 11.6. The maximum atomic E-state index is 11.6. The quantitative estimate of drug-likeness (QED) is 0.435. The summed E-state index contributed by atoms with van der Waals surface area (Å²) < 4.78 is 9.97. The average Bonchev–Trinajstić information content (AvgIpc) is 2.45. The first-order valence-electron chi connectivity index (χ1n) is 6.52. The van der Waals surface area contributed by atoms with Gasteiger partial charge in [0.25, 0.3) is 0 Å². The van der Waals surface area contributed by atoms with Gasteiger partial charge in [-0.15, -0.1) is 0 Å². The van der Waals surface area contributed by atoms with E-state index in [0.717, 1.165) is 0 Å². The predicted molar refractivity (Wildman–Crippen MR) is 71.4 cm³/mol. The number of ether oxygens (including phenoxy) is 2. The van der Waals surface area contributed by atoms with Crippen LogP contribution in [0.3, 0.4) is 0 Å².